The maximum Gasteiger partial charge on any atom is 0.136 e. The van der Waals surface area contributed by atoms with Crippen molar-refractivity contribution < 1.29 is 4.42 Å². The second kappa shape index (κ2) is 10.9. The molecule has 2 nitrogen and oxygen atoms in total. The Bertz CT molecular complexity index is 3050. The Hall–Kier alpha value is -6.16. The van der Waals surface area contributed by atoms with E-state index in [9.17, 15) is 0 Å². The summed E-state index contributed by atoms with van der Waals surface area (Å²) in [6, 6.07) is 60.0. The fraction of sp³-hybridized carbons (Fsp3) is 0.0612. The zero-order chi connectivity index (χ0) is 34.6. The molecule has 0 aliphatic heterocycles. The van der Waals surface area contributed by atoms with Crippen molar-refractivity contribution in [3.63, 3.8) is 0 Å². The van der Waals surface area contributed by atoms with Gasteiger partial charge in [-0.05, 0) is 99.3 Å². The lowest BCUT2D eigenvalue weighted by Gasteiger charge is -2.29. The summed E-state index contributed by atoms with van der Waals surface area (Å²) >= 11 is 1.86. The van der Waals surface area contributed by atoms with Crippen LogP contribution >= 0.6 is 11.3 Å². The second-order valence-corrected chi connectivity index (χ2v) is 15.6. The van der Waals surface area contributed by atoms with Gasteiger partial charge in [-0.15, -0.1) is 11.3 Å². The van der Waals surface area contributed by atoms with Gasteiger partial charge in [0.25, 0.3) is 0 Å². The molecular weight excluding hydrogens is 651 g/mol. The van der Waals surface area contributed by atoms with E-state index in [1.165, 1.54) is 75.4 Å². The minimum Gasteiger partial charge on any atom is -0.456 e. The topological polar surface area (TPSA) is 16.4 Å². The Morgan fingerprint density at radius 2 is 1.21 bits per heavy atom. The first-order valence-corrected chi connectivity index (χ1v) is 18.7. The fourth-order valence-corrected chi connectivity index (χ4v) is 9.81. The Morgan fingerprint density at radius 1 is 0.500 bits per heavy atom. The second-order valence-electron chi connectivity index (χ2n) is 14.5. The molecule has 0 N–H and O–H groups in total. The average Bonchev–Trinajstić information content (AvgIpc) is 3.83. The van der Waals surface area contributed by atoms with Crippen LogP contribution in [0.5, 0.6) is 0 Å². The number of thiophene rings is 1. The van der Waals surface area contributed by atoms with Crippen molar-refractivity contribution in [2.45, 2.75) is 19.3 Å². The first-order chi connectivity index (χ1) is 25.5. The third-order valence-electron chi connectivity index (χ3n) is 11.3. The lowest BCUT2D eigenvalue weighted by Crippen LogP contribution is -2.16. The molecule has 10 aromatic rings. The zero-order valence-corrected chi connectivity index (χ0v) is 29.7. The smallest absolute Gasteiger partial charge is 0.136 e. The first kappa shape index (κ1) is 29.6. The van der Waals surface area contributed by atoms with Crippen molar-refractivity contribution in [3.8, 4) is 22.3 Å². The predicted octanol–water partition coefficient (Wildman–Crippen LogP) is 14.6. The number of hydrogen-bond donors (Lipinski definition) is 0. The standard InChI is InChI=1S/C49H33NOS/c1-49(2)40-13-6-3-11-36(40)48-41(49)14-9-15-42(48)50(34-25-27-46-39(29-34)35-10-5-8-17-45(35)52-46)33-23-20-30(21-24-33)32-19-18-31-22-26-44-47(38(31)28-32)37-12-4-7-16-43(37)51-44/h3-29H,1-2H3. The Kier molecular flexibility index (Phi) is 6.21. The maximum absolute atomic E-state index is 6.24. The number of benzene rings is 8. The number of para-hydroxylation sites is 1. The molecule has 0 atom stereocenters. The van der Waals surface area contributed by atoms with Crippen LogP contribution in [-0.2, 0) is 5.41 Å². The van der Waals surface area contributed by atoms with Crippen molar-refractivity contribution in [3.05, 3.63) is 175 Å². The van der Waals surface area contributed by atoms with E-state index < -0.39 is 0 Å². The van der Waals surface area contributed by atoms with Crippen LogP contribution in [0.4, 0.5) is 17.1 Å². The minimum atomic E-state index is -0.0905. The van der Waals surface area contributed by atoms with Gasteiger partial charge in [-0.2, -0.15) is 0 Å². The molecule has 0 spiro atoms. The van der Waals surface area contributed by atoms with E-state index in [1.54, 1.807) is 0 Å². The summed E-state index contributed by atoms with van der Waals surface area (Å²) in [5, 5.41) is 7.35. The number of fused-ring (bicyclic) bond motifs is 11. The molecule has 0 amide bonds. The molecule has 2 heterocycles. The molecular formula is C49H33NOS. The van der Waals surface area contributed by atoms with Crippen LogP contribution in [0.1, 0.15) is 25.0 Å². The van der Waals surface area contributed by atoms with Gasteiger partial charge in [0.1, 0.15) is 11.2 Å². The summed E-state index contributed by atoms with van der Waals surface area (Å²) in [5.74, 6) is 0. The number of anilines is 3. The summed E-state index contributed by atoms with van der Waals surface area (Å²) in [5.41, 5.74) is 13.0. The predicted molar refractivity (Wildman–Crippen MR) is 222 cm³/mol. The molecule has 0 fully saturated rings. The molecule has 246 valence electrons. The van der Waals surface area contributed by atoms with Gasteiger partial charge in [-0.3, -0.25) is 0 Å². The lowest BCUT2D eigenvalue weighted by molar-refractivity contribution is 0.660. The SMILES string of the molecule is CC1(C)c2ccccc2-c2c(N(c3ccc(-c4ccc5ccc6oc7ccccc7c6c5c4)cc3)c3ccc4sc5ccccc5c4c3)cccc21. The Morgan fingerprint density at radius 3 is 2.12 bits per heavy atom. The molecule has 2 aromatic heterocycles. The van der Waals surface area contributed by atoms with E-state index in [0.29, 0.717) is 0 Å². The number of hydrogen-bond acceptors (Lipinski definition) is 3. The van der Waals surface area contributed by atoms with Crippen LogP contribution in [-0.4, -0.2) is 0 Å². The van der Waals surface area contributed by atoms with Gasteiger partial charge in [0.2, 0.25) is 0 Å². The van der Waals surface area contributed by atoms with Crippen LogP contribution in [0.25, 0.3) is 75.1 Å². The third-order valence-corrected chi connectivity index (χ3v) is 12.4. The van der Waals surface area contributed by atoms with Gasteiger partial charge >= 0.3 is 0 Å². The summed E-state index contributed by atoms with van der Waals surface area (Å²) in [4.78, 5) is 2.47. The summed E-state index contributed by atoms with van der Waals surface area (Å²) in [7, 11) is 0. The Labute approximate surface area is 305 Å². The highest BCUT2D eigenvalue weighted by Crippen LogP contribution is 2.54. The number of furan rings is 1. The highest BCUT2D eigenvalue weighted by atomic mass is 32.1. The molecule has 1 aliphatic rings. The van der Waals surface area contributed by atoms with Gasteiger partial charge < -0.3 is 9.32 Å². The van der Waals surface area contributed by atoms with E-state index >= 15 is 0 Å². The molecule has 0 saturated carbocycles. The highest BCUT2D eigenvalue weighted by Gasteiger charge is 2.37. The molecule has 3 heteroatoms. The van der Waals surface area contributed by atoms with Crippen molar-refractivity contribution in [2.24, 2.45) is 0 Å². The number of nitrogens with zero attached hydrogens (tertiary/aromatic N) is 1. The van der Waals surface area contributed by atoms with Crippen molar-refractivity contribution in [1.29, 1.82) is 0 Å². The summed E-state index contributed by atoms with van der Waals surface area (Å²) < 4.78 is 8.86. The van der Waals surface area contributed by atoms with Crippen LogP contribution in [0.2, 0.25) is 0 Å². The maximum atomic E-state index is 6.24. The first-order valence-electron chi connectivity index (χ1n) is 17.9. The zero-order valence-electron chi connectivity index (χ0n) is 28.9. The van der Waals surface area contributed by atoms with E-state index in [1.807, 2.05) is 17.4 Å². The fourth-order valence-electron chi connectivity index (χ4n) is 8.73. The van der Waals surface area contributed by atoms with E-state index in [-0.39, 0.29) is 5.41 Å². The number of rotatable bonds is 4. The molecule has 1 aliphatic carbocycles. The van der Waals surface area contributed by atoms with Gasteiger partial charge in [0.05, 0.1) is 5.69 Å². The van der Waals surface area contributed by atoms with Crippen LogP contribution < -0.4 is 4.90 Å². The largest absolute Gasteiger partial charge is 0.456 e. The van der Waals surface area contributed by atoms with Gasteiger partial charge in [0, 0.05) is 53.3 Å². The van der Waals surface area contributed by atoms with E-state index in [4.69, 9.17) is 4.42 Å². The van der Waals surface area contributed by atoms with Gasteiger partial charge in [-0.25, -0.2) is 0 Å². The Balaban J connectivity index is 1.10. The molecule has 52 heavy (non-hydrogen) atoms. The lowest BCUT2D eigenvalue weighted by atomic mass is 9.82. The molecule has 0 bridgehead atoms. The highest BCUT2D eigenvalue weighted by molar-refractivity contribution is 7.25. The molecule has 11 rings (SSSR count). The average molecular weight is 684 g/mol. The summed E-state index contributed by atoms with van der Waals surface area (Å²) in [6.45, 7) is 4.71. The van der Waals surface area contributed by atoms with E-state index in [0.717, 1.165) is 27.9 Å². The molecule has 0 unspecified atom stereocenters. The molecule has 8 aromatic carbocycles. The third kappa shape index (κ3) is 4.23. The van der Waals surface area contributed by atoms with Crippen molar-refractivity contribution in [1.82, 2.24) is 0 Å². The van der Waals surface area contributed by atoms with Gasteiger partial charge in [0.15, 0.2) is 0 Å². The monoisotopic (exact) mass is 683 g/mol. The van der Waals surface area contributed by atoms with Crippen LogP contribution in [0.3, 0.4) is 0 Å². The van der Waals surface area contributed by atoms with E-state index in [2.05, 4.69) is 176 Å². The quantitative estimate of drug-likeness (QED) is 0.184. The van der Waals surface area contributed by atoms with Crippen molar-refractivity contribution >= 4 is 81.3 Å². The normalized spacial score (nSPS) is 13.3. The van der Waals surface area contributed by atoms with Crippen LogP contribution in [0.15, 0.2) is 168 Å². The summed E-state index contributed by atoms with van der Waals surface area (Å²) in [6.07, 6.45) is 0. The minimum absolute atomic E-state index is 0.0905. The van der Waals surface area contributed by atoms with Gasteiger partial charge in [-0.1, -0.05) is 117 Å². The molecule has 0 radical (unpaired) electrons. The van der Waals surface area contributed by atoms with Crippen LogP contribution in [0, 0.1) is 0 Å². The van der Waals surface area contributed by atoms with Crippen molar-refractivity contribution in [2.75, 3.05) is 4.90 Å². The molecule has 0 saturated heterocycles.